The van der Waals surface area contributed by atoms with Crippen molar-refractivity contribution in [3.05, 3.63) is 78.2 Å². The predicted octanol–water partition coefficient (Wildman–Crippen LogP) is 0.393. The third-order valence-corrected chi connectivity index (χ3v) is 4.24. The first-order valence-corrected chi connectivity index (χ1v) is 9.66. The molecule has 4 rings (SSSR count). The summed E-state index contributed by atoms with van der Waals surface area (Å²) in [5.74, 6) is 1.84. The maximum atomic E-state index is 8.49. The summed E-state index contributed by atoms with van der Waals surface area (Å²) < 4.78 is 40.1. The Morgan fingerprint density at radius 2 is 1.29 bits per heavy atom. The van der Waals surface area contributed by atoms with Crippen LogP contribution in [-0.2, 0) is 0 Å². The topological polar surface area (TPSA) is 120 Å². The van der Waals surface area contributed by atoms with E-state index in [1.807, 2.05) is 31.2 Å². The molecule has 28 heavy (non-hydrogen) atoms. The Morgan fingerprint density at radius 3 is 1.82 bits per heavy atom. The van der Waals surface area contributed by atoms with Gasteiger partial charge in [-0.15, -0.1) is 10.2 Å². The van der Waals surface area contributed by atoms with Gasteiger partial charge in [-0.3, -0.25) is 0 Å². The van der Waals surface area contributed by atoms with Crippen LogP contribution in [0.15, 0.2) is 71.1 Å². The second kappa shape index (κ2) is 8.10. The molecule has 0 saturated heterocycles. The molecule has 2 aliphatic heterocycles. The van der Waals surface area contributed by atoms with E-state index in [-0.39, 0.29) is 0 Å². The molecule has 7 heteroatoms. The minimum Gasteiger partial charge on any atom is -0.460 e. The molecule has 0 unspecified atom stereocenters. The number of benzene rings is 2. The molecule has 0 amide bonds. The quantitative estimate of drug-likeness (QED) is 0.483. The summed E-state index contributed by atoms with van der Waals surface area (Å²) in [7, 11) is -4.94. The van der Waals surface area contributed by atoms with Gasteiger partial charge in [-0.2, -0.15) is 0 Å². The molecule has 144 valence electrons. The molecule has 0 atom stereocenters. The van der Waals surface area contributed by atoms with E-state index < -0.39 is 10.2 Å². The SMILES string of the molecule is Cc1[nH+]c(-c2ccccc2)c2cc(-c3ccccc3)oc(C)c1-2.[O-][Cl+3]([O-])([O-])[O-]. The van der Waals surface area contributed by atoms with Crippen LogP contribution in [-0.4, -0.2) is 0 Å². The first kappa shape index (κ1) is 20.0. The maximum Gasteiger partial charge on any atom is 0.219 e. The van der Waals surface area contributed by atoms with E-state index >= 15 is 0 Å². The molecule has 0 aliphatic carbocycles. The third kappa shape index (κ3) is 4.75. The summed E-state index contributed by atoms with van der Waals surface area (Å²) in [5.41, 5.74) is 6.94. The van der Waals surface area contributed by atoms with Gasteiger partial charge in [0.25, 0.3) is 0 Å². The zero-order valence-corrected chi connectivity index (χ0v) is 16.0. The summed E-state index contributed by atoms with van der Waals surface area (Å²) >= 11 is 0. The first-order chi connectivity index (χ1) is 13.2. The van der Waals surface area contributed by atoms with Crippen LogP contribution in [0.4, 0.5) is 0 Å². The monoisotopic (exact) mass is 399 g/mol. The van der Waals surface area contributed by atoms with Gasteiger partial charge in [-0.1, -0.05) is 48.5 Å². The van der Waals surface area contributed by atoms with E-state index in [1.54, 1.807) is 0 Å². The number of rotatable bonds is 2. The standard InChI is InChI=1S/C21H17NO.ClHO4/c1-14-20-15(2)23-19(16-9-5-3-6-10-16)13-18(20)21(22-14)17-11-7-4-8-12-17;2-1(3,4)5/h3-13H,1-2H3;(H,2,3,4,5). The summed E-state index contributed by atoms with van der Waals surface area (Å²) in [6.07, 6.45) is 0. The smallest absolute Gasteiger partial charge is 0.219 e. The van der Waals surface area contributed by atoms with Gasteiger partial charge < -0.3 is 4.42 Å². The largest absolute Gasteiger partial charge is 0.460 e. The highest BCUT2D eigenvalue weighted by molar-refractivity contribution is 5.84. The second-order valence-corrected chi connectivity index (χ2v) is 6.95. The van der Waals surface area contributed by atoms with Gasteiger partial charge in [0.2, 0.25) is 5.69 Å². The Kier molecular flexibility index (Phi) is 5.79. The van der Waals surface area contributed by atoms with Gasteiger partial charge in [0, 0.05) is 18.1 Å². The summed E-state index contributed by atoms with van der Waals surface area (Å²) in [6.45, 7) is 4.13. The summed E-state index contributed by atoms with van der Waals surface area (Å²) in [5, 5.41) is 0. The Bertz CT molecular complexity index is 1020. The fourth-order valence-electron chi connectivity index (χ4n) is 3.20. The van der Waals surface area contributed by atoms with Gasteiger partial charge in [-0.05, 0) is 25.1 Å². The third-order valence-electron chi connectivity index (χ3n) is 4.24. The van der Waals surface area contributed by atoms with Crippen LogP contribution in [0.1, 0.15) is 11.5 Å². The number of hydrogen-bond donors (Lipinski definition) is 0. The molecule has 6 nitrogen and oxygen atoms in total. The molecule has 0 saturated carbocycles. The summed E-state index contributed by atoms with van der Waals surface area (Å²) in [4.78, 5) is 3.53. The van der Waals surface area contributed by atoms with E-state index in [0.29, 0.717) is 0 Å². The molecule has 0 aromatic heterocycles. The Hall–Kier alpha value is -2.74. The van der Waals surface area contributed by atoms with E-state index in [0.717, 1.165) is 28.5 Å². The molecule has 0 bridgehead atoms. The highest BCUT2D eigenvalue weighted by Gasteiger charge is 2.27. The lowest BCUT2D eigenvalue weighted by molar-refractivity contribution is -2.00. The zero-order valence-electron chi connectivity index (χ0n) is 15.3. The van der Waals surface area contributed by atoms with Crippen LogP contribution in [0.5, 0.6) is 0 Å². The van der Waals surface area contributed by atoms with Crippen molar-refractivity contribution >= 4 is 0 Å². The number of aromatic amines is 1. The van der Waals surface area contributed by atoms with Crippen molar-refractivity contribution in [3.8, 4) is 33.7 Å². The van der Waals surface area contributed by atoms with E-state index in [2.05, 4.69) is 54.4 Å². The van der Waals surface area contributed by atoms with Crippen LogP contribution in [0.3, 0.4) is 0 Å². The lowest BCUT2D eigenvalue weighted by Gasteiger charge is -2.17. The zero-order chi connectivity index (χ0) is 20.3. The van der Waals surface area contributed by atoms with E-state index in [1.165, 1.54) is 16.7 Å². The summed E-state index contributed by atoms with van der Waals surface area (Å²) in [6, 6.07) is 22.8. The minimum absolute atomic E-state index is 0.895. The molecule has 0 spiro atoms. The molecule has 2 heterocycles. The van der Waals surface area contributed by atoms with Crippen LogP contribution in [0, 0.1) is 24.1 Å². The lowest BCUT2D eigenvalue weighted by atomic mass is 9.99. The van der Waals surface area contributed by atoms with Crippen molar-refractivity contribution in [2.24, 2.45) is 0 Å². The molecule has 2 aromatic carbocycles. The van der Waals surface area contributed by atoms with Gasteiger partial charge >= 0.3 is 0 Å². The van der Waals surface area contributed by atoms with Crippen LogP contribution < -0.4 is 23.6 Å². The molecule has 2 aromatic rings. The van der Waals surface area contributed by atoms with Crippen molar-refractivity contribution in [1.29, 1.82) is 0 Å². The van der Waals surface area contributed by atoms with Crippen LogP contribution in [0.2, 0.25) is 0 Å². The van der Waals surface area contributed by atoms with Crippen LogP contribution in [0.25, 0.3) is 33.7 Å². The Labute approximate surface area is 164 Å². The minimum atomic E-state index is -4.94. The number of H-pyrrole nitrogens is 1. The molecule has 2 aliphatic rings. The average molecular weight is 400 g/mol. The maximum absolute atomic E-state index is 8.49. The van der Waals surface area contributed by atoms with E-state index in [9.17, 15) is 0 Å². The number of aryl methyl sites for hydroxylation is 2. The van der Waals surface area contributed by atoms with Crippen molar-refractivity contribution < 1.29 is 38.3 Å². The highest BCUT2D eigenvalue weighted by atomic mass is 35.7. The lowest BCUT2D eigenvalue weighted by Crippen LogP contribution is -2.68. The Balaban J connectivity index is 0.000000403. The molecular formula is C21H18ClNO5. The van der Waals surface area contributed by atoms with Crippen molar-refractivity contribution in [1.82, 2.24) is 0 Å². The average Bonchev–Trinajstić information content (AvgIpc) is 2.99. The van der Waals surface area contributed by atoms with Gasteiger partial charge in [-0.25, -0.2) is 23.6 Å². The number of aromatic nitrogens is 1. The highest BCUT2D eigenvalue weighted by Crippen LogP contribution is 2.38. The number of fused-ring (bicyclic) bond motifs is 1. The molecule has 0 radical (unpaired) electrons. The second-order valence-electron chi connectivity index (χ2n) is 6.19. The fraction of sp³-hybridized carbons (Fsp3) is 0.0952. The molecule has 1 N–H and O–H groups in total. The fourth-order valence-corrected chi connectivity index (χ4v) is 3.20. The normalized spacial score (nSPS) is 11.2. The Morgan fingerprint density at radius 1 is 0.786 bits per heavy atom. The van der Waals surface area contributed by atoms with Crippen LogP contribution >= 0.6 is 0 Å². The van der Waals surface area contributed by atoms with Crippen molar-refractivity contribution in [2.45, 2.75) is 13.8 Å². The first-order valence-electron chi connectivity index (χ1n) is 8.42. The van der Waals surface area contributed by atoms with Crippen molar-refractivity contribution in [3.63, 3.8) is 0 Å². The molecular weight excluding hydrogens is 382 g/mol. The van der Waals surface area contributed by atoms with Gasteiger partial charge in [0.05, 0.1) is 11.1 Å². The number of halogens is 1. The number of nitrogens with one attached hydrogen (secondary N) is 1. The van der Waals surface area contributed by atoms with E-state index in [4.69, 9.17) is 23.1 Å². The number of hydrogen-bond acceptors (Lipinski definition) is 5. The van der Waals surface area contributed by atoms with Crippen molar-refractivity contribution in [2.75, 3.05) is 0 Å². The predicted molar refractivity (Wildman–Crippen MR) is 92.2 cm³/mol. The van der Waals surface area contributed by atoms with Gasteiger partial charge in [0.1, 0.15) is 11.5 Å². The van der Waals surface area contributed by atoms with Gasteiger partial charge in [0.15, 0.2) is 5.69 Å². The molecule has 0 fully saturated rings.